The van der Waals surface area contributed by atoms with Crippen LogP contribution in [-0.2, 0) is 0 Å². The molecule has 0 unspecified atom stereocenters. The first kappa shape index (κ1) is 15.7. The van der Waals surface area contributed by atoms with Crippen LogP contribution in [0.2, 0.25) is 0 Å². The van der Waals surface area contributed by atoms with Crippen molar-refractivity contribution in [1.82, 2.24) is 4.98 Å². The van der Waals surface area contributed by atoms with Crippen molar-refractivity contribution in [3.8, 4) is 0 Å². The lowest BCUT2D eigenvalue weighted by molar-refractivity contribution is 0.579. The smallest absolute Gasteiger partial charge is 0.169 e. The normalized spacial score (nSPS) is 10.5. The molecule has 2 aromatic rings. The zero-order valence-electron chi connectivity index (χ0n) is 11.8. The molecule has 0 spiro atoms. The van der Waals surface area contributed by atoms with E-state index in [-0.39, 0.29) is 11.6 Å². The lowest BCUT2D eigenvalue weighted by atomic mass is 10.2. The number of nitrogens with zero attached hydrogens (tertiary/aromatic N) is 1. The third kappa shape index (κ3) is 3.91. The summed E-state index contributed by atoms with van der Waals surface area (Å²) in [6.07, 6.45) is 0.827. The van der Waals surface area contributed by atoms with E-state index >= 15 is 0 Å². The Morgan fingerprint density at radius 3 is 2.52 bits per heavy atom. The summed E-state index contributed by atoms with van der Waals surface area (Å²) in [6.45, 7) is 4.46. The monoisotopic (exact) mass is 355 g/mol. The number of aromatic nitrogens is 1. The van der Waals surface area contributed by atoms with E-state index in [0.29, 0.717) is 12.2 Å². The number of halogens is 3. The average Bonchev–Trinajstić information content (AvgIpc) is 2.44. The van der Waals surface area contributed by atoms with Crippen molar-refractivity contribution in [2.45, 2.75) is 20.3 Å². The number of nitrogens with one attached hydrogen (secondary N) is 2. The van der Waals surface area contributed by atoms with Gasteiger partial charge in [-0.2, -0.15) is 0 Å². The second kappa shape index (κ2) is 6.85. The van der Waals surface area contributed by atoms with Crippen LogP contribution >= 0.6 is 15.9 Å². The van der Waals surface area contributed by atoms with E-state index in [9.17, 15) is 8.78 Å². The highest BCUT2D eigenvalue weighted by Crippen LogP contribution is 2.25. The Bertz CT molecular complexity index is 647. The fourth-order valence-electron chi connectivity index (χ4n) is 1.78. The molecule has 0 aliphatic heterocycles. The molecule has 3 nitrogen and oxygen atoms in total. The van der Waals surface area contributed by atoms with Gasteiger partial charge in [-0.25, -0.2) is 13.8 Å². The predicted octanol–water partition coefficient (Wildman–Crippen LogP) is 5.00. The van der Waals surface area contributed by atoms with Crippen LogP contribution in [0.5, 0.6) is 0 Å². The molecule has 0 aliphatic carbocycles. The van der Waals surface area contributed by atoms with Crippen molar-refractivity contribution in [3.63, 3.8) is 0 Å². The Hall–Kier alpha value is -1.69. The summed E-state index contributed by atoms with van der Waals surface area (Å²) in [5.41, 5.74) is 1.70. The second-order valence-electron chi connectivity index (χ2n) is 4.66. The van der Waals surface area contributed by atoms with E-state index in [2.05, 4.69) is 31.5 Å². The maximum Gasteiger partial charge on any atom is 0.169 e. The van der Waals surface area contributed by atoms with E-state index < -0.39 is 11.6 Å². The molecule has 0 atom stereocenters. The van der Waals surface area contributed by atoms with Crippen molar-refractivity contribution in [1.29, 1.82) is 0 Å². The minimum absolute atomic E-state index is 0.00303. The SMILES string of the molecule is CCCNc1nc(Nc2ccc(Br)c(C)c2)c(F)cc1F. The molecule has 0 fully saturated rings. The van der Waals surface area contributed by atoms with Gasteiger partial charge in [-0.3, -0.25) is 0 Å². The average molecular weight is 356 g/mol. The van der Waals surface area contributed by atoms with Gasteiger partial charge >= 0.3 is 0 Å². The van der Waals surface area contributed by atoms with Gasteiger partial charge in [-0.15, -0.1) is 0 Å². The molecule has 0 aliphatic rings. The molecular weight excluding hydrogens is 340 g/mol. The summed E-state index contributed by atoms with van der Waals surface area (Å²) in [4.78, 5) is 3.97. The molecule has 0 amide bonds. The van der Waals surface area contributed by atoms with Crippen molar-refractivity contribution >= 4 is 33.3 Å². The molecule has 1 heterocycles. The molecule has 112 valence electrons. The third-order valence-corrected chi connectivity index (χ3v) is 3.78. The Labute approximate surface area is 130 Å². The standard InChI is InChI=1S/C15H16BrF2N3/c1-3-6-19-14-12(17)8-13(18)15(21-14)20-10-4-5-11(16)9(2)7-10/h4-5,7-8H,3,6H2,1-2H3,(H2,19,20,21). The first-order valence-electron chi connectivity index (χ1n) is 6.64. The van der Waals surface area contributed by atoms with Gasteiger partial charge in [0.05, 0.1) is 0 Å². The first-order valence-corrected chi connectivity index (χ1v) is 7.43. The highest BCUT2D eigenvalue weighted by atomic mass is 79.9. The largest absolute Gasteiger partial charge is 0.368 e. The van der Waals surface area contributed by atoms with Crippen LogP contribution in [0.15, 0.2) is 28.7 Å². The van der Waals surface area contributed by atoms with E-state index in [0.717, 1.165) is 22.5 Å². The van der Waals surface area contributed by atoms with Crippen molar-refractivity contribution in [2.24, 2.45) is 0 Å². The van der Waals surface area contributed by atoms with Gasteiger partial charge in [0.2, 0.25) is 0 Å². The molecule has 6 heteroatoms. The second-order valence-corrected chi connectivity index (χ2v) is 5.52. The van der Waals surface area contributed by atoms with E-state index in [1.165, 1.54) is 0 Å². The lowest BCUT2D eigenvalue weighted by Gasteiger charge is -2.11. The summed E-state index contributed by atoms with van der Waals surface area (Å²) in [7, 11) is 0. The first-order chi connectivity index (χ1) is 10.0. The molecule has 21 heavy (non-hydrogen) atoms. The van der Waals surface area contributed by atoms with Gasteiger partial charge in [-0.1, -0.05) is 22.9 Å². The Balaban J connectivity index is 2.28. The maximum absolute atomic E-state index is 13.8. The minimum atomic E-state index is -0.727. The molecule has 2 rings (SSSR count). The summed E-state index contributed by atoms with van der Waals surface area (Å²) < 4.78 is 28.4. The van der Waals surface area contributed by atoms with Crippen LogP contribution < -0.4 is 10.6 Å². The topological polar surface area (TPSA) is 37.0 Å². The number of hydrogen-bond donors (Lipinski definition) is 2. The van der Waals surface area contributed by atoms with Gasteiger partial charge in [-0.05, 0) is 37.1 Å². The van der Waals surface area contributed by atoms with Gasteiger partial charge in [0.1, 0.15) is 0 Å². The lowest BCUT2D eigenvalue weighted by Crippen LogP contribution is -2.07. The Morgan fingerprint density at radius 2 is 1.86 bits per heavy atom. The Kier molecular flexibility index (Phi) is 5.12. The zero-order chi connectivity index (χ0) is 15.4. The molecule has 1 aromatic carbocycles. The van der Waals surface area contributed by atoms with Crippen molar-refractivity contribution < 1.29 is 8.78 Å². The zero-order valence-corrected chi connectivity index (χ0v) is 13.4. The van der Waals surface area contributed by atoms with Crippen LogP contribution in [0.4, 0.5) is 26.1 Å². The Morgan fingerprint density at radius 1 is 1.14 bits per heavy atom. The van der Waals surface area contributed by atoms with Crippen LogP contribution in [0.1, 0.15) is 18.9 Å². The summed E-state index contributed by atoms with van der Waals surface area (Å²) in [5, 5.41) is 5.71. The summed E-state index contributed by atoms with van der Waals surface area (Å²) in [6, 6.07) is 6.34. The van der Waals surface area contributed by atoms with E-state index in [1.54, 1.807) is 6.07 Å². The summed E-state index contributed by atoms with van der Waals surface area (Å²) >= 11 is 3.40. The van der Waals surface area contributed by atoms with Gasteiger partial charge in [0.15, 0.2) is 23.3 Å². The quantitative estimate of drug-likeness (QED) is 0.792. The maximum atomic E-state index is 13.8. The predicted molar refractivity (Wildman–Crippen MR) is 85.1 cm³/mol. The van der Waals surface area contributed by atoms with Crippen molar-refractivity contribution in [3.05, 3.63) is 45.9 Å². The number of anilines is 3. The molecule has 1 aromatic heterocycles. The molecule has 0 radical (unpaired) electrons. The van der Waals surface area contributed by atoms with Crippen molar-refractivity contribution in [2.75, 3.05) is 17.2 Å². The number of pyridine rings is 1. The number of aryl methyl sites for hydroxylation is 1. The van der Waals surface area contributed by atoms with E-state index in [4.69, 9.17) is 0 Å². The number of hydrogen-bond acceptors (Lipinski definition) is 3. The number of rotatable bonds is 5. The molecule has 0 saturated carbocycles. The summed E-state index contributed by atoms with van der Waals surface area (Å²) in [5.74, 6) is -1.38. The van der Waals surface area contributed by atoms with Gasteiger partial charge in [0.25, 0.3) is 0 Å². The fraction of sp³-hybridized carbons (Fsp3) is 0.267. The van der Waals surface area contributed by atoms with Crippen LogP contribution in [0, 0.1) is 18.6 Å². The van der Waals surface area contributed by atoms with Gasteiger partial charge < -0.3 is 10.6 Å². The molecule has 2 N–H and O–H groups in total. The molecule has 0 bridgehead atoms. The molecular formula is C15H16BrF2N3. The van der Waals surface area contributed by atoms with Crippen LogP contribution in [-0.4, -0.2) is 11.5 Å². The minimum Gasteiger partial charge on any atom is -0.368 e. The number of benzene rings is 1. The van der Waals surface area contributed by atoms with Gasteiger partial charge in [0, 0.05) is 22.8 Å². The van der Waals surface area contributed by atoms with Crippen LogP contribution in [0.3, 0.4) is 0 Å². The molecule has 0 saturated heterocycles. The fourth-order valence-corrected chi connectivity index (χ4v) is 2.03. The third-order valence-electron chi connectivity index (χ3n) is 2.89. The highest BCUT2D eigenvalue weighted by Gasteiger charge is 2.12. The van der Waals surface area contributed by atoms with Crippen LogP contribution in [0.25, 0.3) is 0 Å². The van der Waals surface area contributed by atoms with E-state index in [1.807, 2.05) is 26.0 Å². The highest BCUT2D eigenvalue weighted by molar-refractivity contribution is 9.10.